The van der Waals surface area contributed by atoms with Gasteiger partial charge in [-0.2, -0.15) is 5.10 Å². The van der Waals surface area contributed by atoms with Crippen LogP contribution in [0.4, 0.5) is 9.59 Å². The summed E-state index contributed by atoms with van der Waals surface area (Å²) in [6.45, 7) is 2.36. The number of carbonyl (C=O) groups excluding carboxylic acids is 2. The third-order valence-corrected chi connectivity index (χ3v) is 3.33. The number of ether oxygens (including phenoxy) is 2. The maximum atomic E-state index is 12.2. The number of nitrogens with zero attached hydrogens (tertiary/aromatic N) is 3. The molecule has 2 rings (SSSR count). The van der Waals surface area contributed by atoms with Crippen LogP contribution in [0.25, 0.3) is 11.1 Å². The molecule has 3 N–H and O–H groups in total. The lowest BCUT2D eigenvalue weighted by molar-refractivity contribution is 0.172. The van der Waals surface area contributed by atoms with Gasteiger partial charge in [-0.05, 0) is 19.1 Å². The molecule has 0 saturated heterocycles. The molecule has 1 heterocycles. The van der Waals surface area contributed by atoms with Crippen molar-refractivity contribution in [2.75, 3.05) is 20.7 Å². The number of hydrazone groups is 1. The van der Waals surface area contributed by atoms with E-state index in [9.17, 15) is 9.59 Å². The Bertz CT molecular complexity index is 851. The van der Waals surface area contributed by atoms with Crippen molar-refractivity contribution >= 4 is 18.3 Å². The Balaban J connectivity index is 2.58. The summed E-state index contributed by atoms with van der Waals surface area (Å²) in [5, 5.41) is 3.70. The molecule has 3 amide bonds. The quantitative estimate of drug-likeness (QED) is 0.596. The van der Waals surface area contributed by atoms with Crippen molar-refractivity contribution < 1.29 is 19.1 Å². The first-order valence-corrected chi connectivity index (χ1v) is 8.12. The third kappa shape index (κ3) is 5.18. The molecule has 142 valence electrons. The Morgan fingerprint density at radius 3 is 2.67 bits per heavy atom. The smallest absolute Gasteiger partial charge is 0.414 e. The molecule has 0 aliphatic carbocycles. The Hall–Kier alpha value is -3.62. The maximum absolute atomic E-state index is 12.2. The van der Waals surface area contributed by atoms with E-state index in [1.54, 1.807) is 20.2 Å². The number of pyridine rings is 1. The Labute approximate surface area is 156 Å². The zero-order valence-electron chi connectivity index (χ0n) is 15.3. The predicted molar refractivity (Wildman–Crippen MR) is 101 cm³/mol. The minimum Gasteiger partial charge on any atom is -0.493 e. The van der Waals surface area contributed by atoms with Crippen LogP contribution in [0.5, 0.6) is 11.5 Å². The monoisotopic (exact) mass is 371 g/mol. The van der Waals surface area contributed by atoms with Crippen LogP contribution in [0.1, 0.15) is 12.6 Å². The second-order valence-corrected chi connectivity index (χ2v) is 5.50. The number of aromatic nitrogens is 1. The van der Waals surface area contributed by atoms with Crippen LogP contribution in [0.2, 0.25) is 0 Å². The summed E-state index contributed by atoms with van der Waals surface area (Å²) in [5.41, 5.74) is 8.63. The van der Waals surface area contributed by atoms with Gasteiger partial charge in [0.25, 0.3) is 0 Å². The second-order valence-electron chi connectivity index (χ2n) is 5.50. The number of rotatable bonds is 6. The van der Waals surface area contributed by atoms with Crippen molar-refractivity contribution in [2.45, 2.75) is 6.92 Å². The number of primary amides is 1. The Kier molecular flexibility index (Phi) is 6.70. The normalized spacial score (nSPS) is 10.5. The number of benzene rings is 1. The van der Waals surface area contributed by atoms with Crippen molar-refractivity contribution in [3.8, 4) is 22.6 Å². The number of amides is 3. The molecule has 27 heavy (non-hydrogen) atoms. The fourth-order valence-electron chi connectivity index (χ4n) is 2.18. The van der Waals surface area contributed by atoms with Gasteiger partial charge in [-0.1, -0.05) is 18.2 Å². The van der Waals surface area contributed by atoms with Gasteiger partial charge in [0.1, 0.15) is 11.4 Å². The van der Waals surface area contributed by atoms with Gasteiger partial charge in [0.2, 0.25) is 0 Å². The number of hydrogen-bond donors (Lipinski definition) is 2. The number of para-hydroxylation sites is 1. The molecule has 9 nitrogen and oxygen atoms in total. The van der Waals surface area contributed by atoms with Crippen LogP contribution < -0.4 is 20.6 Å². The average Bonchev–Trinajstić information content (AvgIpc) is 2.63. The number of hydrogen-bond acceptors (Lipinski definition) is 6. The highest BCUT2D eigenvalue weighted by Crippen LogP contribution is 2.37. The van der Waals surface area contributed by atoms with Crippen LogP contribution in [-0.4, -0.2) is 48.9 Å². The number of nitrogens with two attached hydrogens (primary N) is 1. The largest absolute Gasteiger partial charge is 0.493 e. The number of urea groups is 1. The van der Waals surface area contributed by atoms with Crippen LogP contribution >= 0.6 is 0 Å². The van der Waals surface area contributed by atoms with Gasteiger partial charge < -0.3 is 20.1 Å². The van der Waals surface area contributed by atoms with Gasteiger partial charge in [-0.3, -0.25) is 4.98 Å². The molecule has 0 bridgehead atoms. The molecule has 9 heteroatoms. The number of carbonyl (C=O) groups is 2. The molecule has 0 atom stereocenters. The SMILES string of the molecule is CCOc1ccccc1-c1ccnc(C=NNC(N)=O)c1OC(=O)N(C)C. The van der Waals surface area contributed by atoms with Crippen molar-refractivity contribution in [2.24, 2.45) is 10.8 Å². The van der Waals surface area contributed by atoms with Gasteiger partial charge in [0.05, 0.1) is 12.8 Å². The molecule has 0 radical (unpaired) electrons. The van der Waals surface area contributed by atoms with Gasteiger partial charge in [-0.25, -0.2) is 15.0 Å². The topological polar surface area (TPSA) is 119 Å². The van der Waals surface area contributed by atoms with Gasteiger partial charge in [-0.15, -0.1) is 0 Å². The van der Waals surface area contributed by atoms with E-state index in [2.05, 4.69) is 15.5 Å². The van der Waals surface area contributed by atoms with Crippen LogP contribution in [0, 0.1) is 0 Å². The van der Waals surface area contributed by atoms with E-state index in [4.69, 9.17) is 15.2 Å². The summed E-state index contributed by atoms with van der Waals surface area (Å²) < 4.78 is 11.2. The molecular formula is C18H21N5O4. The first-order valence-electron chi connectivity index (χ1n) is 8.12. The minimum atomic E-state index is -0.823. The highest BCUT2D eigenvalue weighted by atomic mass is 16.6. The molecule has 0 spiro atoms. The standard InChI is InChI=1S/C18H21N5O4/c1-4-26-15-8-6-5-7-12(15)13-9-10-20-14(11-21-22-17(19)24)16(13)27-18(25)23(2)3/h5-11H,4H2,1-3H3,(H3,19,22,24). The fraction of sp³-hybridized carbons (Fsp3) is 0.222. The van der Waals surface area contributed by atoms with Crippen LogP contribution in [-0.2, 0) is 0 Å². The summed E-state index contributed by atoms with van der Waals surface area (Å²) in [7, 11) is 3.13. The molecule has 0 fully saturated rings. The Morgan fingerprint density at radius 1 is 1.26 bits per heavy atom. The van der Waals surface area contributed by atoms with Crippen molar-refractivity contribution in [1.82, 2.24) is 15.3 Å². The van der Waals surface area contributed by atoms with Gasteiger partial charge >= 0.3 is 12.1 Å². The predicted octanol–water partition coefficient (Wildman–Crippen LogP) is 2.21. The maximum Gasteiger partial charge on any atom is 0.414 e. The van der Waals surface area contributed by atoms with Gasteiger partial charge in [0.15, 0.2) is 5.75 Å². The molecule has 0 aliphatic rings. The third-order valence-electron chi connectivity index (χ3n) is 3.33. The summed E-state index contributed by atoms with van der Waals surface area (Å²) in [6.07, 6.45) is 2.20. The molecular weight excluding hydrogens is 350 g/mol. The first kappa shape index (κ1) is 19.7. The van der Waals surface area contributed by atoms with E-state index in [1.165, 1.54) is 17.3 Å². The van der Waals surface area contributed by atoms with Crippen LogP contribution in [0.15, 0.2) is 41.6 Å². The first-order chi connectivity index (χ1) is 12.9. The van der Waals surface area contributed by atoms with E-state index < -0.39 is 12.1 Å². The summed E-state index contributed by atoms with van der Waals surface area (Å²) in [5.74, 6) is 0.810. The van der Waals surface area contributed by atoms with Crippen molar-refractivity contribution in [3.05, 3.63) is 42.2 Å². The molecule has 1 aromatic carbocycles. The number of nitrogens with one attached hydrogen (secondary N) is 1. The molecule has 0 aliphatic heterocycles. The van der Waals surface area contributed by atoms with E-state index in [0.717, 1.165) is 5.56 Å². The summed E-state index contributed by atoms with van der Waals surface area (Å²) >= 11 is 0. The molecule has 1 aromatic heterocycles. The summed E-state index contributed by atoms with van der Waals surface area (Å²) in [4.78, 5) is 28.4. The zero-order valence-corrected chi connectivity index (χ0v) is 15.3. The molecule has 0 unspecified atom stereocenters. The second kappa shape index (κ2) is 9.18. The van der Waals surface area contributed by atoms with Crippen LogP contribution in [0.3, 0.4) is 0 Å². The van der Waals surface area contributed by atoms with Crippen molar-refractivity contribution in [3.63, 3.8) is 0 Å². The van der Waals surface area contributed by atoms with E-state index in [0.29, 0.717) is 17.9 Å². The summed E-state index contributed by atoms with van der Waals surface area (Å²) in [6, 6.07) is 8.23. The highest BCUT2D eigenvalue weighted by Gasteiger charge is 2.19. The van der Waals surface area contributed by atoms with E-state index in [-0.39, 0.29) is 11.4 Å². The van der Waals surface area contributed by atoms with Crippen molar-refractivity contribution in [1.29, 1.82) is 0 Å². The fourth-order valence-corrected chi connectivity index (χ4v) is 2.18. The lowest BCUT2D eigenvalue weighted by atomic mass is 10.0. The van der Waals surface area contributed by atoms with E-state index >= 15 is 0 Å². The van der Waals surface area contributed by atoms with E-state index in [1.807, 2.05) is 31.2 Å². The minimum absolute atomic E-state index is 0.179. The molecule has 2 aromatic rings. The van der Waals surface area contributed by atoms with Gasteiger partial charge in [0, 0.05) is 31.4 Å². The lowest BCUT2D eigenvalue weighted by Gasteiger charge is -2.17. The average molecular weight is 371 g/mol. The highest BCUT2D eigenvalue weighted by molar-refractivity contribution is 5.90. The Morgan fingerprint density at radius 2 is 2.00 bits per heavy atom. The lowest BCUT2D eigenvalue weighted by Crippen LogP contribution is -2.26. The molecule has 0 saturated carbocycles. The zero-order chi connectivity index (χ0) is 19.8.